The van der Waals surface area contributed by atoms with Gasteiger partial charge in [-0.05, 0) is 26.0 Å². The molecule has 88 valence electrons. The lowest BCUT2D eigenvalue weighted by Crippen LogP contribution is -2.17. The van der Waals surface area contributed by atoms with Gasteiger partial charge in [-0.1, -0.05) is 18.2 Å². The molecule has 5 nitrogen and oxygen atoms in total. The predicted octanol–water partition coefficient (Wildman–Crippen LogP) is 2.64. The average Bonchev–Trinajstić information content (AvgIpc) is 2.62. The standard InChI is InChI=1S/C12H13N3O2/c1-8-11(9(2)15-14-8)13-12(16)17-10-6-4-3-5-7-10/h3-7H,1-2H3,(H,13,16)(H,14,15). The van der Waals surface area contributed by atoms with Crippen molar-refractivity contribution in [2.24, 2.45) is 0 Å². The highest BCUT2D eigenvalue weighted by atomic mass is 16.6. The molecule has 0 aliphatic carbocycles. The lowest BCUT2D eigenvalue weighted by Gasteiger charge is -2.06. The number of hydrogen-bond acceptors (Lipinski definition) is 3. The molecule has 0 saturated carbocycles. The second kappa shape index (κ2) is 4.69. The highest BCUT2D eigenvalue weighted by Crippen LogP contribution is 2.17. The van der Waals surface area contributed by atoms with Gasteiger partial charge in [0.15, 0.2) is 0 Å². The van der Waals surface area contributed by atoms with Gasteiger partial charge in [0.05, 0.1) is 17.1 Å². The summed E-state index contributed by atoms with van der Waals surface area (Å²) in [6, 6.07) is 8.90. The summed E-state index contributed by atoms with van der Waals surface area (Å²) in [5.74, 6) is 0.504. The van der Waals surface area contributed by atoms with Crippen molar-refractivity contribution in [3.63, 3.8) is 0 Å². The minimum absolute atomic E-state index is 0.504. The lowest BCUT2D eigenvalue weighted by atomic mass is 10.3. The van der Waals surface area contributed by atoms with Crippen LogP contribution in [0.5, 0.6) is 5.75 Å². The number of nitrogens with one attached hydrogen (secondary N) is 2. The van der Waals surface area contributed by atoms with E-state index in [9.17, 15) is 4.79 Å². The van der Waals surface area contributed by atoms with Crippen molar-refractivity contribution in [1.29, 1.82) is 0 Å². The minimum atomic E-state index is -0.524. The molecule has 5 heteroatoms. The number of aromatic nitrogens is 2. The number of benzene rings is 1. The molecule has 1 amide bonds. The molecule has 0 radical (unpaired) electrons. The van der Waals surface area contributed by atoms with Gasteiger partial charge < -0.3 is 4.74 Å². The van der Waals surface area contributed by atoms with Gasteiger partial charge in [0, 0.05) is 0 Å². The van der Waals surface area contributed by atoms with Gasteiger partial charge >= 0.3 is 6.09 Å². The molecule has 0 unspecified atom stereocenters. The maximum Gasteiger partial charge on any atom is 0.417 e. The number of carbonyl (C=O) groups excluding carboxylic acids is 1. The molecule has 0 aliphatic heterocycles. The molecule has 2 N–H and O–H groups in total. The summed E-state index contributed by atoms with van der Waals surface area (Å²) in [5.41, 5.74) is 2.19. The highest BCUT2D eigenvalue weighted by molar-refractivity contribution is 5.87. The number of amides is 1. The number of nitrogens with zero attached hydrogens (tertiary/aromatic N) is 1. The second-order valence-corrected chi connectivity index (χ2v) is 3.64. The molecule has 0 atom stereocenters. The van der Waals surface area contributed by atoms with Crippen LogP contribution in [0, 0.1) is 13.8 Å². The van der Waals surface area contributed by atoms with E-state index in [1.807, 2.05) is 19.9 Å². The van der Waals surface area contributed by atoms with Crippen LogP contribution in [-0.4, -0.2) is 16.3 Å². The average molecular weight is 231 g/mol. The molecule has 0 fully saturated rings. The summed E-state index contributed by atoms with van der Waals surface area (Å²) < 4.78 is 5.11. The van der Waals surface area contributed by atoms with Crippen molar-refractivity contribution in [2.75, 3.05) is 5.32 Å². The number of carbonyl (C=O) groups is 1. The second-order valence-electron chi connectivity index (χ2n) is 3.64. The molecule has 1 heterocycles. The van der Waals surface area contributed by atoms with Crippen molar-refractivity contribution in [1.82, 2.24) is 10.2 Å². The first kappa shape index (κ1) is 11.2. The maximum atomic E-state index is 11.6. The van der Waals surface area contributed by atoms with E-state index in [0.29, 0.717) is 11.4 Å². The number of rotatable bonds is 2. The van der Waals surface area contributed by atoms with E-state index in [2.05, 4.69) is 15.5 Å². The molecular weight excluding hydrogens is 218 g/mol. The summed E-state index contributed by atoms with van der Waals surface area (Å²) in [5, 5.41) is 9.42. The summed E-state index contributed by atoms with van der Waals surface area (Å²) >= 11 is 0. The normalized spacial score (nSPS) is 10.0. The van der Waals surface area contributed by atoms with E-state index in [0.717, 1.165) is 11.4 Å². The van der Waals surface area contributed by atoms with Gasteiger partial charge in [0.2, 0.25) is 0 Å². The smallest absolute Gasteiger partial charge is 0.410 e. The van der Waals surface area contributed by atoms with Crippen LogP contribution in [-0.2, 0) is 0 Å². The zero-order valence-corrected chi connectivity index (χ0v) is 9.65. The van der Waals surface area contributed by atoms with Crippen molar-refractivity contribution in [2.45, 2.75) is 13.8 Å². The number of hydrogen-bond donors (Lipinski definition) is 2. The molecule has 2 rings (SSSR count). The van der Waals surface area contributed by atoms with E-state index in [-0.39, 0.29) is 0 Å². The first-order valence-electron chi connectivity index (χ1n) is 5.22. The monoisotopic (exact) mass is 231 g/mol. The molecular formula is C12H13N3O2. The Bertz CT molecular complexity index is 500. The van der Waals surface area contributed by atoms with Gasteiger partial charge in [0.25, 0.3) is 0 Å². The lowest BCUT2D eigenvalue weighted by molar-refractivity contribution is 0.215. The zero-order chi connectivity index (χ0) is 12.3. The fourth-order valence-electron chi connectivity index (χ4n) is 1.46. The Morgan fingerprint density at radius 2 is 2.00 bits per heavy atom. The Morgan fingerprint density at radius 3 is 2.59 bits per heavy atom. The SMILES string of the molecule is Cc1n[nH]c(C)c1NC(=O)Oc1ccccc1. The summed E-state index contributed by atoms with van der Waals surface area (Å²) in [6.07, 6.45) is -0.524. The molecule has 17 heavy (non-hydrogen) atoms. The number of H-pyrrole nitrogens is 1. The number of aromatic amines is 1. The van der Waals surface area contributed by atoms with Gasteiger partial charge in [-0.15, -0.1) is 0 Å². The number of anilines is 1. The molecule has 0 bridgehead atoms. The summed E-state index contributed by atoms with van der Waals surface area (Å²) in [6.45, 7) is 3.64. The van der Waals surface area contributed by atoms with Crippen molar-refractivity contribution >= 4 is 11.8 Å². The van der Waals surface area contributed by atoms with Crippen LogP contribution in [0.1, 0.15) is 11.4 Å². The topological polar surface area (TPSA) is 67.0 Å². The van der Waals surface area contributed by atoms with Gasteiger partial charge in [-0.25, -0.2) is 4.79 Å². The van der Waals surface area contributed by atoms with Crippen LogP contribution < -0.4 is 10.1 Å². The Kier molecular flexibility index (Phi) is 3.09. The van der Waals surface area contributed by atoms with E-state index in [1.165, 1.54) is 0 Å². The third-order valence-electron chi connectivity index (χ3n) is 2.31. The molecule has 0 aliphatic rings. The van der Waals surface area contributed by atoms with Crippen LogP contribution in [0.3, 0.4) is 0 Å². The third kappa shape index (κ3) is 2.63. The largest absolute Gasteiger partial charge is 0.417 e. The first-order valence-corrected chi connectivity index (χ1v) is 5.22. The van der Waals surface area contributed by atoms with Crippen LogP contribution >= 0.6 is 0 Å². The van der Waals surface area contributed by atoms with Crippen LogP contribution in [0.15, 0.2) is 30.3 Å². The Balaban J connectivity index is 2.03. The fourth-order valence-corrected chi connectivity index (χ4v) is 1.46. The molecule has 1 aromatic heterocycles. The van der Waals surface area contributed by atoms with Crippen LogP contribution in [0.4, 0.5) is 10.5 Å². The van der Waals surface area contributed by atoms with E-state index in [4.69, 9.17) is 4.74 Å². The van der Waals surface area contributed by atoms with E-state index < -0.39 is 6.09 Å². The van der Waals surface area contributed by atoms with E-state index >= 15 is 0 Å². The van der Waals surface area contributed by atoms with Gasteiger partial charge in [-0.3, -0.25) is 10.4 Å². The first-order chi connectivity index (χ1) is 8.16. The number of aryl methyl sites for hydroxylation is 2. The fraction of sp³-hybridized carbons (Fsp3) is 0.167. The van der Waals surface area contributed by atoms with Gasteiger partial charge in [-0.2, -0.15) is 5.10 Å². The number of para-hydroxylation sites is 1. The van der Waals surface area contributed by atoms with Crippen LogP contribution in [0.2, 0.25) is 0 Å². The Hall–Kier alpha value is -2.30. The Morgan fingerprint density at radius 1 is 1.29 bits per heavy atom. The Labute approximate surface area is 98.8 Å². The predicted molar refractivity (Wildman–Crippen MR) is 64.2 cm³/mol. The van der Waals surface area contributed by atoms with Crippen molar-refractivity contribution in [3.05, 3.63) is 41.7 Å². The number of ether oxygens (including phenoxy) is 1. The zero-order valence-electron chi connectivity index (χ0n) is 9.65. The van der Waals surface area contributed by atoms with Crippen LogP contribution in [0.25, 0.3) is 0 Å². The highest BCUT2D eigenvalue weighted by Gasteiger charge is 2.11. The molecule has 2 aromatic rings. The third-order valence-corrected chi connectivity index (χ3v) is 2.31. The maximum absolute atomic E-state index is 11.6. The molecule has 1 aromatic carbocycles. The molecule has 0 spiro atoms. The quantitative estimate of drug-likeness (QED) is 0.834. The van der Waals surface area contributed by atoms with Crippen molar-refractivity contribution in [3.8, 4) is 5.75 Å². The van der Waals surface area contributed by atoms with Crippen molar-refractivity contribution < 1.29 is 9.53 Å². The minimum Gasteiger partial charge on any atom is -0.410 e. The molecule has 0 saturated heterocycles. The summed E-state index contributed by atoms with van der Waals surface area (Å²) in [7, 11) is 0. The van der Waals surface area contributed by atoms with E-state index in [1.54, 1.807) is 24.3 Å². The van der Waals surface area contributed by atoms with Gasteiger partial charge in [0.1, 0.15) is 5.75 Å². The summed E-state index contributed by atoms with van der Waals surface area (Å²) in [4.78, 5) is 11.6.